The van der Waals surface area contributed by atoms with E-state index < -0.39 is 0 Å². The Kier molecular flexibility index (Phi) is 3.65. The Bertz CT molecular complexity index is 346. The molecule has 1 aromatic heterocycles. The number of aromatic nitrogens is 3. The minimum atomic E-state index is -0.265. The Morgan fingerprint density at radius 2 is 2.07 bits per heavy atom. The molecule has 0 saturated heterocycles. The van der Waals surface area contributed by atoms with E-state index >= 15 is 0 Å². The van der Waals surface area contributed by atoms with Gasteiger partial charge in [-0.1, -0.05) is 26.0 Å². The zero-order valence-corrected chi connectivity index (χ0v) is 11.1. The molecule has 5 heteroatoms. The molecule has 1 aromatic rings. The zero-order valence-electron chi connectivity index (χ0n) is 9.54. The second-order valence-corrected chi connectivity index (χ2v) is 5.37. The van der Waals surface area contributed by atoms with Crippen molar-refractivity contribution in [3.8, 4) is 0 Å². The van der Waals surface area contributed by atoms with Gasteiger partial charge in [-0.3, -0.25) is 9.48 Å². The Labute approximate surface area is 98.2 Å². The van der Waals surface area contributed by atoms with Gasteiger partial charge in [-0.2, -0.15) is 0 Å². The lowest BCUT2D eigenvalue weighted by molar-refractivity contribution is -0.126. The maximum atomic E-state index is 11.7. The second-order valence-electron chi connectivity index (χ2n) is 4.62. The molecule has 0 N–H and O–H groups in total. The molecule has 0 unspecified atom stereocenters. The van der Waals surface area contributed by atoms with E-state index in [4.69, 9.17) is 0 Å². The van der Waals surface area contributed by atoms with E-state index in [1.54, 1.807) is 4.68 Å². The van der Waals surface area contributed by atoms with E-state index in [0.29, 0.717) is 12.8 Å². The van der Waals surface area contributed by atoms with Gasteiger partial charge in [-0.25, -0.2) is 0 Å². The predicted octanol–water partition coefficient (Wildman–Crippen LogP) is 2.13. The summed E-state index contributed by atoms with van der Waals surface area (Å²) in [6.45, 7) is 5.81. The number of aryl methyl sites for hydroxylation is 1. The lowest BCUT2D eigenvalue weighted by atomic mass is 9.88. The molecular weight excluding hydrogens is 258 g/mol. The smallest absolute Gasteiger partial charge is 0.151 e. The lowest BCUT2D eigenvalue weighted by Gasteiger charge is -2.16. The van der Waals surface area contributed by atoms with Crippen LogP contribution in [0, 0.1) is 5.41 Å². The van der Waals surface area contributed by atoms with Crippen LogP contribution in [0.5, 0.6) is 0 Å². The minimum absolute atomic E-state index is 0.260. The van der Waals surface area contributed by atoms with E-state index in [1.807, 2.05) is 27.8 Å². The summed E-state index contributed by atoms with van der Waals surface area (Å²) in [5.41, 5.74) is 0.700. The van der Waals surface area contributed by atoms with Gasteiger partial charge in [0.25, 0.3) is 0 Å². The molecular formula is C10H16BrN3O. The maximum Gasteiger partial charge on any atom is 0.151 e. The summed E-state index contributed by atoms with van der Waals surface area (Å²) in [6, 6.07) is 0. The monoisotopic (exact) mass is 273 g/mol. The van der Waals surface area contributed by atoms with Crippen LogP contribution in [0.15, 0.2) is 4.60 Å². The van der Waals surface area contributed by atoms with Crippen LogP contribution in [0.1, 0.15) is 32.9 Å². The molecule has 4 nitrogen and oxygen atoms in total. The number of carbonyl (C=O) groups is 1. The summed E-state index contributed by atoms with van der Waals surface area (Å²) in [5.74, 6) is 0.260. The Morgan fingerprint density at radius 3 is 2.47 bits per heavy atom. The number of hydrogen-bond acceptors (Lipinski definition) is 3. The molecule has 0 aliphatic carbocycles. The molecule has 0 bridgehead atoms. The lowest BCUT2D eigenvalue weighted by Crippen LogP contribution is -2.20. The normalized spacial score (nSPS) is 11.8. The van der Waals surface area contributed by atoms with E-state index in [-0.39, 0.29) is 11.2 Å². The zero-order chi connectivity index (χ0) is 11.6. The molecule has 1 heterocycles. The number of carbonyl (C=O) groups excluding carboxylic acids is 1. The third-order valence-corrected chi connectivity index (χ3v) is 2.94. The van der Waals surface area contributed by atoms with Crippen molar-refractivity contribution in [1.82, 2.24) is 15.0 Å². The Hall–Kier alpha value is -0.710. The minimum Gasteiger partial charge on any atom is -0.299 e. The third kappa shape index (κ3) is 3.12. The number of hydrogen-bond donors (Lipinski definition) is 0. The Morgan fingerprint density at radius 1 is 1.47 bits per heavy atom. The van der Waals surface area contributed by atoms with Crippen LogP contribution in [-0.2, 0) is 18.3 Å². The Balaban J connectivity index is 2.62. The topological polar surface area (TPSA) is 47.8 Å². The van der Waals surface area contributed by atoms with Crippen molar-refractivity contribution in [2.75, 3.05) is 0 Å². The number of Topliss-reactive ketones (excluding diaryl/α,β-unsaturated/α-hetero) is 1. The number of halogens is 1. The summed E-state index contributed by atoms with van der Waals surface area (Å²) in [5, 5.41) is 7.74. The van der Waals surface area contributed by atoms with Crippen molar-refractivity contribution in [1.29, 1.82) is 0 Å². The van der Waals surface area contributed by atoms with Gasteiger partial charge in [0.1, 0.15) is 5.78 Å². The van der Waals surface area contributed by atoms with Crippen molar-refractivity contribution in [3.63, 3.8) is 0 Å². The van der Waals surface area contributed by atoms with Crippen LogP contribution in [0.3, 0.4) is 0 Å². The quantitative estimate of drug-likeness (QED) is 0.848. The molecule has 0 saturated carbocycles. The van der Waals surface area contributed by atoms with E-state index in [9.17, 15) is 4.79 Å². The largest absolute Gasteiger partial charge is 0.299 e. The third-order valence-electron chi connectivity index (χ3n) is 2.32. The summed E-state index contributed by atoms with van der Waals surface area (Å²) >= 11 is 3.31. The molecule has 0 radical (unpaired) electrons. The first kappa shape index (κ1) is 12.4. The standard InChI is InChI=1S/C10H16BrN3O/c1-10(2,3)8(15)6-5-7-9(11)12-13-14(7)4/h5-6H2,1-4H3. The van der Waals surface area contributed by atoms with Crippen molar-refractivity contribution < 1.29 is 4.79 Å². The summed E-state index contributed by atoms with van der Waals surface area (Å²) in [7, 11) is 1.83. The van der Waals surface area contributed by atoms with Gasteiger partial charge >= 0.3 is 0 Å². The highest BCUT2D eigenvalue weighted by molar-refractivity contribution is 9.10. The summed E-state index contributed by atoms with van der Waals surface area (Å²) in [4.78, 5) is 11.7. The fourth-order valence-electron chi connectivity index (χ4n) is 1.22. The molecule has 15 heavy (non-hydrogen) atoms. The van der Waals surface area contributed by atoms with Crippen molar-refractivity contribution >= 4 is 21.7 Å². The molecule has 0 aliphatic heterocycles. The van der Waals surface area contributed by atoms with Crippen molar-refractivity contribution in [2.24, 2.45) is 12.5 Å². The van der Waals surface area contributed by atoms with Gasteiger partial charge in [0, 0.05) is 18.9 Å². The average molecular weight is 274 g/mol. The molecule has 0 atom stereocenters. The van der Waals surface area contributed by atoms with Gasteiger partial charge in [0.15, 0.2) is 4.60 Å². The van der Waals surface area contributed by atoms with E-state index in [0.717, 1.165) is 10.3 Å². The summed E-state index contributed by atoms with van der Waals surface area (Å²) < 4.78 is 2.42. The molecule has 0 fully saturated rings. The fraction of sp³-hybridized carbons (Fsp3) is 0.700. The van der Waals surface area contributed by atoms with E-state index in [1.165, 1.54) is 0 Å². The van der Waals surface area contributed by atoms with Crippen LogP contribution in [0.2, 0.25) is 0 Å². The SMILES string of the molecule is Cn1nnc(Br)c1CCC(=O)C(C)(C)C. The van der Waals surface area contributed by atoms with Crippen molar-refractivity contribution in [3.05, 3.63) is 10.3 Å². The first-order chi connectivity index (χ1) is 6.82. The summed E-state index contributed by atoms with van der Waals surface area (Å²) in [6.07, 6.45) is 1.21. The van der Waals surface area contributed by atoms with Crippen LogP contribution in [0.4, 0.5) is 0 Å². The van der Waals surface area contributed by atoms with Crippen molar-refractivity contribution in [2.45, 2.75) is 33.6 Å². The molecule has 0 aromatic carbocycles. The van der Waals surface area contributed by atoms with E-state index in [2.05, 4.69) is 26.2 Å². The number of rotatable bonds is 3. The molecule has 0 aliphatic rings. The highest BCUT2D eigenvalue weighted by atomic mass is 79.9. The fourth-order valence-corrected chi connectivity index (χ4v) is 1.75. The number of nitrogens with zero attached hydrogens (tertiary/aromatic N) is 3. The second kappa shape index (κ2) is 4.43. The molecule has 84 valence electrons. The first-order valence-electron chi connectivity index (χ1n) is 4.89. The first-order valence-corrected chi connectivity index (χ1v) is 5.69. The van der Waals surface area contributed by atoms with Gasteiger partial charge < -0.3 is 0 Å². The van der Waals surface area contributed by atoms with Gasteiger partial charge in [-0.05, 0) is 22.4 Å². The highest BCUT2D eigenvalue weighted by Gasteiger charge is 2.21. The molecule has 0 amide bonds. The van der Waals surface area contributed by atoms with Crippen LogP contribution >= 0.6 is 15.9 Å². The van der Waals surface area contributed by atoms with Crippen LogP contribution < -0.4 is 0 Å². The molecule has 0 spiro atoms. The van der Waals surface area contributed by atoms with Gasteiger partial charge in [-0.15, -0.1) is 5.10 Å². The van der Waals surface area contributed by atoms with Gasteiger partial charge in [0.05, 0.1) is 5.69 Å². The number of ketones is 1. The predicted molar refractivity (Wildman–Crippen MR) is 61.5 cm³/mol. The van der Waals surface area contributed by atoms with Crippen LogP contribution in [0.25, 0.3) is 0 Å². The average Bonchev–Trinajstić information content (AvgIpc) is 2.41. The van der Waals surface area contributed by atoms with Gasteiger partial charge in [0.2, 0.25) is 0 Å². The highest BCUT2D eigenvalue weighted by Crippen LogP contribution is 2.20. The van der Waals surface area contributed by atoms with Crippen LogP contribution in [-0.4, -0.2) is 20.8 Å². The molecule has 1 rings (SSSR count). The maximum absolute atomic E-state index is 11.7.